The molecule has 0 amide bonds. The lowest BCUT2D eigenvalue weighted by atomic mass is 10.4. The zero-order valence-electron chi connectivity index (χ0n) is 9.80. The molecule has 98 valence electrons. The van der Waals surface area contributed by atoms with Gasteiger partial charge in [0.1, 0.15) is 0 Å². The van der Waals surface area contributed by atoms with Crippen molar-refractivity contribution in [2.24, 2.45) is 0 Å². The van der Waals surface area contributed by atoms with Crippen LogP contribution in [0.5, 0.6) is 0 Å². The molecule has 3 nitrogen and oxygen atoms in total. The Morgan fingerprint density at radius 2 is 2.00 bits per heavy atom. The molecule has 0 bridgehead atoms. The highest BCUT2D eigenvalue weighted by Gasteiger charge is 2.03. The van der Waals surface area contributed by atoms with Gasteiger partial charge in [-0.05, 0) is 37.9 Å². The van der Waals surface area contributed by atoms with Gasteiger partial charge in [-0.25, -0.2) is 0 Å². The van der Waals surface area contributed by atoms with E-state index in [4.69, 9.17) is 9.47 Å². The van der Waals surface area contributed by atoms with Crippen molar-refractivity contribution in [2.75, 3.05) is 40.0 Å². The lowest BCUT2D eigenvalue weighted by Crippen LogP contribution is -2.23. The summed E-state index contributed by atoms with van der Waals surface area (Å²) in [4.78, 5) is 1.33. The standard InChI is InChI=1S/C11H17Br2NO2S/c1-15-6-3-14-4-7-16-5-2-9-8-10(12)11(13)17-9/h8,14H,2-7H2,1H3. The molecule has 0 radical (unpaired) electrons. The smallest absolute Gasteiger partial charge is 0.0843 e. The Morgan fingerprint density at radius 3 is 2.65 bits per heavy atom. The van der Waals surface area contributed by atoms with Crippen LogP contribution in [0.1, 0.15) is 4.88 Å². The second-order valence-electron chi connectivity index (χ2n) is 3.44. The van der Waals surface area contributed by atoms with Crippen molar-refractivity contribution in [1.82, 2.24) is 5.32 Å². The van der Waals surface area contributed by atoms with E-state index in [1.54, 1.807) is 18.4 Å². The Hall–Kier alpha value is 0.540. The van der Waals surface area contributed by atoms with Crippen LogP contribution in [0.2, 0.25) is 0 Å². The van der Waals surface area contributed by atoms with Crippen LogP contribution in [-0.2, 0) is 15.9 Å². The van der Waals surface area contributed by atoms with E-state index in [9.17, 15) is 0 Å². The number of hydrogen-bond acceptors (Lipinski definition) is 4. The number of halogens is 2. The number of methoxy groups -OCH3 is 1. The van der Waals surface area contributed by atoms with Gasteiger partial charge in [0.2, 0.25) is 0 Å². The van der Waals surface area contributed by atoms with Crippen molar-refractivity contribution in [3.8, 4) is 0 Å². The topological polar surface area (TPSA) is 30.5 Å². The summed E-state index contributed by atoms with van der Waals surface area (Å²) in [6, 6.07) is 2.13. The summed E-state index contributed by atoms with van der Waals surface area (Å²) < 4.78 is 12.7. The van der Waals surface area contributed by atoms with Gasteiger partial charge < -0.3 is 14.8 Å². The molecule has 0 atom stereocenters. The van der Waals surface area contributed by atoms with Crippen molar-refractivity contribution in [3.05, 3.63) is 19.2 Å². The molecule has 0 unspecified atom stereocenters. The van der Waals surface area contributed by atoms with E-state index in [0.717, 1.165) is 47.6 Å². The Labute approximate surface area is 123 Å². The summed E-state index contributed by atoms with van der Waals surface area (Å²) in [6.45, 7) is 4.02. The van der Waals surface area contributed by atoms with E-state index in [1.807, 2.05) is 0 Å². The predicted octanol–water partition coefficient (Wildman–Crippen LogP) is 3.07. The van der Waals surface area contributed by atoms with Crippen LogP contribution in [0, 0.1) is 0 Å². The lowest BCUT2D eigenvalue weighted by molar-refractivity contribution is 0.135. The molecular formula is C11H17Br2NO2S. The molecule has 0 aliphatic heterocycles. The SMILES string of the molecule is COCCNCCOCCc1cc(Br)c(Br)s1. The van der Waals surface area contributed by atoms with Gasteiger partial charge in [0, 0.05) is 36.0 Å². The maximum Gasteiger partial charge on any atom is 0.0843 e. The fraction of sp³-hybridized carbons (Fsp3) is 0.636. The van der Waals surface area contributed by atoms with Crippen LogP contribution in [0.15, 0.2) is 14.3 Å². The van der Waals surface area contributed by atoms with Gasteiger partial charge >= 0.3 is 0 Å². The summed E-state index contributed by atoms with van der Waals surface area (Å²) in [5.41, 5.74) is 0. The fourth-order valence-corrected chi connectivity index (χ4v) is 3.39. The minimum absolute atomic E-state index is 0.747. The zero-order chi connectivity index (χ0) is 12.5. The van der Waals surface area contributed by atoms with Gasteiger partial charge in [0.05, 0.1) is 23.6 Å². The third kappa shape index (κ3) is 6.88. The molecule has 6 heteroatoms. The van der Waals surface area contributed by atoms with E-state index in [0.29, 0.717) is 0 Å². The highest BCUT2D eigenvalue weighted by Crippen LogP contribution is 2.32. The summed E-state index contributed by atoms with van der Waals surface area (Å²) in [6.07, 6.45) is 0.965. The fourth-order valence-electron chi connectivity index (χ4n) is 1.23. The molecule has 0 aliphatic carbocycles. The van der Waals surface area contributed by atoms with E-state index in [2.05, 4.69) is 43.2 Å². The third-order valence-electron chi connectivity index (χ3n) is 2.10. The first kappa shape index (κ1) is 15.6. The molecule has 1 heterocycles. The third-order valence-corrected chi connectivity index (χ3v) is 5.41. The molecule has 1 aromatic heterocycles. The van der Waals surface area contributed by atoms with Crippen LogP contribution in [0.25, 0.3) is 0 Å². The predicted molar refractivity (Wildman–Crippen MR) is 79.0 cm³/mol. The zero-order valence-corrected chi connectivity index (χ0v) is 13.8. The molecule has 1 N–H and O–H groups in total. The van der Waals surface area contributed by atoms with Gasteiger partial charge in [0.25, 0.3) is 0 Å². The van der Waals surface area contributed by atoms with E-state index < -0.39 is 0 Å². The average molecular weight is 387 g/mol. The highest BCUT2D eigenvalue weighted by molar-refractivity contribution is 9.13. The van der Waals surface area contributed by atoms with Gasteiger partial charge in [0.15, 0.2) is 0 Å². The molecule has 0 aliphatic rings. The van der Waals surface area contributed by atoms with Crippen molar-refractivity contribution in [1.29, 1.82) is 0 Å². The Morgan fingerprint density at radius 1 is 1.24 bits per heavy atom. The summed E-state index contributed by atoms with van der Waals surface area (Å²) in [5, 5.41) is 3.24. The largest absolute Gasteiger partial charge is 0.383 e. The average Bonchev–Trinajstić information content (AvgIpc) is 2.62. The molecular weight excluding hydrogens is 370 g/mol. The Balaban J connectivity index is 1.97. The van der Waals surface area contributed by atoms with Crippen LogP contribution in [0.4, 0.5) is 0 Å². The molecule has 0 saturated carbocycles. The summed E-state index contributed by atoms with van der Waals surface area (Å²) in [7, 11) is 1.70. The molecule has 1 aromatic rings. The maximum absolute atomic E-state index is 5.54. The van der Waals surface area contributed by atoms with Crippen molar-refractivity contribution in [2.45, 2.75) is 6.42 Å². The minimum atomic E-state index is 0.747. The second kappa shape index (κ2) is 9.47. The van der Waals surface area contributed by atoms with Crippen molar-refractivity contribution >= 4 is 43.2 Å². The van der Waals surface area contributed by atoms with E-state index in [-0.39, 0.29) is 0 Å². The van der Waals surface area contributed by atoms with Gasteiger partial charge in [-0.3, -0.25) is 0 Å². The number of rotatable bonds is 9. The molecule has 17 heavy (non-hydrogen) atoms. The first-order valence-corrected chi connectivity index (χ1v) is 7.85. The van der Waals surface area contributed by atoms with Crippen LogP contribution < -0.4 is 5.32 Å². The Bertz CT molecular complexity index is 301. The first-order valence-electron chi connectivity index (χ1n) is 5.45. The molecule has 0 saturated heterocycles. The van der Waals surface area contributed by atoms with Gasteiger partial charge in [-0.1, -0.05) is 0 Å². The maximum atomic E-state index is 5.54. The number of hydrogen-bond donors (Lipinski definition) is 1. The quantitative estimate of drug-likeness (QED) is 0.661. The van der Waals surface area contributed by atoms with E-state index >= 15 is 0 Å². The van der Waals surface area contributed by atoms with Crippen molar-refractivity contribution in [3.63, 3.8) is 0 Å². The van der Waals surface area contributed by atoms with Crippen molar-refractivity contribution < 1.29 is 9.47 Å². The first-order chi connectivity index (χ1) is 8.24. The number of ether oxygens (including phenoxy) is 2. The summed E-state index contributed by atoms with van der Waals surface area (Å²) in [5.74, 6) is 0. The Kier molecular flexibility index (Phi) is 8.69. The number of thiophene rings is 1. The van der Waals surface area contributed by atoms with E-state index in [1.165, 1.54) is 4.88 Å². The van der Waals surface area contributed by atoms with Crippen LogP contribution in [-0.4, -0.2) is 40.0 Å². The molecule has 0 spiro atoms. The highest BCUT2D eigenvalue weighted by atomic mass is 79.9. The van der Waals surface area contributed by atoms with Gasteiger partial charge in [-0.15, -0.1) is 11.3 Å². The lowest BCUT2D eigenvalue weighted by Gasteiger charge is -2.04. The molecule has 1 rings (SSSR count). The summed E-state index contributed by atoms with van der Waals surface area (Å²) >= 11 is 8.70. The molecule has 0 aromatic carbocycles. The normalized spacial score (nSPS) is 11.0. The monoisotopic (exact) mass is 385 g/mol. The molecule has 0 fully saturated rings. The minimum Gasteiger partial charge on any atom is -0.383 e. The van der Waals surface area contributed by atoms with Gasteiger partial charge in [-0.2, -0.15) is 0 Å². The van der Waals surface area contributed by atoms with Crippen LogP contribution in [0.3, 0.4) is 0 Å². The second-order valence-corrected chi connectivity index (χ2v) is 6.75. The van der Waals surface area contributed by atoms with Crippen LogP contribution >= 0.6 is 43.2 Å². The number of nitrogens with one attached hydrogen (secondary N) is 1.